The number of hydrogen-bond donors (Lipinski definition) is 0. The van der Waals surface area contributed by atoms with Crippen LogP contribution < -0.4 is 4.74 Å². The van der Waals surface area contributed by atoms with Crippen molar-refractivity contribution in [2.45, 2.75) is 0 Å². The molecule has 0 fully saturated rings. The normalized spacial score (nSPS) is 10.6. The Morgan fingerprint density at radius 3 is 1.95 bits per heavy atom. The first-order chi connectivity index (χ1) is 9.92. The number of nitrogens with zero attached hydrogens (tertiary/aromatic N) is 1. The molecule has 0 spiro atoms. The minimum Gasteiger partial charge on any atom is -0.481 e. The third kappa shape index (κ3) is 2.32. The largest absolute Gasteiger partial charge is 0.481 e. The Morgan fingerprint density at radius 2 is 1.48 bits per heavy atom. The fraction of sp³-hybridized carbons (Fsp3) is 0.0769. The number of pyridine rings is 1. The van der Waals surface area contributed by atoms with Gasteiger partial charge in [0.25, 0.3) is 0 Å². The zero-order valence-electron chi connectivity index (χ0n) is 10.4. The van der Waals surface area contributed by atoms with Gasteiger partial charge >= 0.3 is 0 Å². The Labute approximate surface area is 115 Å². The van der Waals surface area contributed by atoms with Crippen molar-refractivity contribution in [3.8, 4) is 17.0 Å². The molecule has 1 aromatic heterocycles. The average molecular weight is 303 g/mol. The Hall–Kier alpha value is -2.51. The van der Waals surface area contributed by atoms with E-state index in [2.05, 4.69) is 4.98 Å². The molecule has 0 bridgehead atoms. The number of aldehydes is 1. The average Bonchev–Trinajstić information content (AvgIpc) is 2.51. The second kappa shape index (κ2) is 5.47. The molecule has 0 aliphatic carbocycles. The van der Waals surface area contributed by atoms with Gasteiger partial charge < -0.3 is 4.74 Å². The highest BCUT2D eigenvalue weighted by Gasteiger charge is 2.28. The van der Waals surface area contributed by atoms with Gasteiger partial charge in [0.2, 0.25) is 11.7 Å². The molecule has 3 nitrogen and oxygen atoms in total. The summed E-state index contributed by atoms with van der Waals surface area (Å²) in [5.41, 5.74) is -1.76. The molecule has 0 aliphatic heterocycles. The lowest BCUT2D eigenvalue weighted by atomic mass is 10.0. The fourth-order valence-electron chi connectivity index (χ4n) is 1.71. The van der Waals surface area contributed by atoms with E-state index < -0.39 is 46.1 Å². The van der Waals surface area contributed by atoms with Crippen LogP contribution in [0, 0.1) is 29.1 Å². The van der Waals surface area contributed by atoms with Gasteiger partial charge in [-0.05, 0) is 12.1 Å². The number of hydrogen-bond acceptors (Lipinski definition) is 3. The van der Waals surface area contributed by atoms with Gasteiger partial charge in [-0.25, -0.2) is 26.9 Å². The van der Waals surface area contributed by atoms with Crippen LogP contribution in [0.5, 0.6) is 5.88 Å². The summed E-state index contributed by atoms with van der Waals surface area (Å²) in [6.45, 7) is 0. The zero-order valence-corrected chi connectivity index (χ0v) is 10.4. The molecule has 0 saturated carbocycles. The second-order valence-electron chi connectivity index (χ2n) is 3.86. The lowest BCUT2D eigenvalue weighted by molar-refractivity contribution is 0.111. The first kappa shape index (κ1) is 14.9. The third-order valence-electron chi connectivity index (χ3n) is 2.68. The minimum absolute atomic E-state index is 0.125. The summed E-state index contributed by atoms with van der Waals surface area (Å²) in [7, 11) is 1.08. The van der Waals surface area contributed by atoms with Gasteiger partial charge in [-0.15, -0.1) is 0 Å². The van der Waals surface area contributed by atoms with Gasteiger partial charge in [0, 0.05) is 0 Å². The third-order valence-corrected chi connectivity index (χ3v) is 2.68. The van der Waals surface area contributed by atoms with E-state index in [1.165, 1.54) is 0 Å². The smallest absolute Gasteiger partial charge is 0.221 e. The van der Waals surface area contributed by atoms with E-state index >= 15 is 0 Å². The van der Waals surface area contributed by atoms with Crippen LogP contribution in [0.15, 0.2) is 12.1 Å². The van der Waals surface area contributed by atoms with Gasteiger partial charge in [-0.3, -0.25) is 4.79 Å². The number of methoxy groups -OCH3 is 1. The Bertz CT molecular complexity index is 704. The lowest BCUT2D eigenvalue weighted by Crippen LogP contribution is -2.05. The summed E-state index contributed by atoms with van der Waals surface area (Å²) in [5.74, 6) is -10.9. The minimum atomic E-state index is -2.26. The van der Waals surface area contributed by atoms with E-state index in [4.69, 9.17) is 4.74 Å². The monoisotopic (exact) mass is 303 g/mol. The van der Waals surface area contributed by atoms with Crippen LogP contribution in [0.4, 0.5) is 22.0 Å². The number of rotatable bonds is 3. The summed E-state index contributed by atoms with van der Waals surface area (Å²) >= 11 is 0. The van der Waals surface area contributed by atoms with E-state index in [1.807, 2.05) is 0 Å². The molecule has 2 rings (SSSR count). The number of carbonyl (C=O) groups is 1. The summed E-state index contributed by atoms with van der Waals surface area (Å²) < 4.78 is 71.5. The molecule has 0 radical (unpaired) electrons. The number of halogens is 5. The zero-order chi connectivity index (χ0) is 15.7. The van der Waals surface area contributed by atoms with Gasteiger partial charge in [0.05, 0.1) is 18.2 Å². The van der Waals surface area contributed by atoms with E-state index in [-0.39, 0.29) is 5.69 Å². The first-order valence-electron chi connectivity index (χ1n) is 5.44. The summed E-state index contributed by atoms with van der Waals surface area (Å²) in [6.07, 6.45) is 0.338. The molecule has 110 valence electrons. The van der Waals surface area contributed by atoms with Crippen LogP contribution in [-0.2, 0) is 0 Å². The van der Waals surface area contributed by atoms with Crippen molar-refractivity contribution in [1.29, 1.82) is 0 Å². The highest BCUT2D eigenvalue weighted by atomic mass is 19.2. The van der Waals surface area contributed by atoms with Crippen LogP contribution in [0.1, 0.15) is 10.5 Å². The van der Waals surface area contributed by atoms with E-state index in [1.54, 1.807) is 0 Å². The van der Waals surface area contributed by atoms with E-state index in [0.717, 1.165) is 19.2 Å². The summed E-state index contributed by atoms with van der Waals surface area (Å²) in [4.78, 5) is 14.2. The molecule has 21 heavy (non-hydrogen) atoms. The van der Waals surface area contributed by atoms with Crippen molar-refractivity contribution in [2.24, 2.45) is 0 Å². The number of carbonyl (C=O) groups excluding carboxylic acids is 1. The lowest BCUT2D eigenvalue weighted by Gasteiger charge is -2.11. The maximum Gasteiger partial charge on any atom is 0.221 e. The SMILES string of the molecule is COc1nc(C=O)ccc1-c1c(F)c(F)c(F)c(F)c1F. The predicted octanol–water partition coefficient (Wildman–Crippen LogP) is 3.27. The molecular formula is C13H6F5NO2. The highest BCUT2D eigenvalue weighted by molar-refractivity contribution is 5.76. The van der Waals surface area contributed by atoms with Crippen LogP contribution in [0.2, 0.25) is 0 Å². The van der Waals surface area contributed by atoms with Crippen molar-refractivity contribution in [2.75, 3.05) is 7.11 Å². The molecule has 0 unspecified atom stereocenters. The molecule has 8 heteroatoms. The van der Waals surface area contributed by atoms with Crippen LogP contribution in [-0.4, -0.2) is 18.4 Å². The van der Waals surface area contributed by atoms with E-state index in [9.17, 15) is 26.7 Å². The molecule has 0 N–H and O–H groups in total. The number of ether oxygens (including phenoxy) is 1. The Morgan fingerprint density at radius 1 is 0.952 bits per heavy atom. The molecule has 1 aromatic carbocycles. The van der Waals surface area contributed by atoms with Gasteiger partial charge in [0.1, 0.15) is 5.69 Å². The quantitative estimate of drug-likeness (QED) is 0.378. The van der Waals surface area contributed by atoms with E-state index in [0.29, 0.717) is 6.29 Å². The van der Waals surface area contributed by atoms with Crippen LogP contribution in [0.25, 0.3) is 11.1 Å². The Kier molecular flexibility index (Phi) is 3.88. The fourth-order valence-corrected chi connectivity index (χ4v) is 1.71. The number of aromatic nitrogens is 1. The molecule has 1 heterocycles. The number of benzene rings is 1. The standard InChI is InChI=1S/C13H6F5NO2/c1-21-13-6(3-2-5(4-20)19-13)7-8(14)10(16)12(18)11(17)9(7)15/h2-4H,1H3. The molecule has 0 saturated heterocycles. The van der Waals surface area contributed by atoms with Gasteiger partial charge in [0.15, 0.2) is 29.6 Å². The first-order valence-corrected chi connectivity index (χ1v) is 5.44. The van der Waals surface area contributed by atoms with Crippen LogP contribution in [0.3, 0.4) is 0 Å². The van der Waals surface area contributed by atoms with Crippen molar-refractivity contribution >= 4 is 6.29 Å². The maximum absolute atomic E-state index is 13.7. The topological polar surface area (TPSA) is 39.2 Å². The molecule has 0 amide bonds. The molecule has 0 aliphatic rings. The summed E-state index contributed by atoms with van der Waals surface area (Å²) in [5, 5.41) is 0. The summed E-state index contributed by atoms with van der Waals surface area (Å²) in [6, 6.07) is 2.04. The maximum atomic E-state index is 13.7. The van der Waals surface area contributed by atoms with Crippen LogP contribution >= 0.6 is 0 Å². The molecule has 0 atom stereocenters. The van der Waals surface area contributed by atoms with Crippen molar-refractivity contribution in [1.82, 2.24) is 4.98 Å². The van der Waals surface area contributed by atoms with Crippen molar-refractivity contribution in [3.05, 3.63) is 46.9 Å². The van der Waals surface area contributed by atoms with Crippen molar-refractivity contribution < 1.29 is 31.5 Å². The molecule has 2 aromatic rings. The molecular weight excluding hydrogens is 297 g/mol. The van der Waals surface area contributed by atoms with Gasteiger partial charge in [-0.1, -0.05) is 0 Å². The predicted molar refractivity (Wildman–Crippen MR) is 61.4 cm³/mol. The highest BCUT2D eigenvalue weighted by Crippen LogP contribution is 2.35. The Balaban J connectivity index is 2.82. The van der Waals surface area contributed by atoms with Gasteiger partial charge in [-0.2, -0.15) is 0 Å². The second-order valence-corrected chi connectivity index (χ2v) is 3.86. The van der Waals surface area contributed by atoms with Crippen molar-refractivity contribution in [3.63, 3.8) is 0 Å².